The number of hydroxylamine groups is 1. The Bertz CT molecular complexity index is 1500. The van der Waals surface area contributed by atoms with Crippen LogP contribution in [-0.2, 0) is 11.2 Å². The molecule has 3 aromatic rings. The molecule has 4 aliphatic rings. The van der Waals surface area contributed by atoms with Crippen molar-refractivity contribution in [3.05, 3.63) is 82.9 Å². The molecule has 7 atom stereocenters. The molecule has 3 N–H and O–H groups in total. The van der Waals surface area contributed by atoms with Gasteiger partial charge in [0, 0.05) is 36.5 Å². The van der Waals surface area contributed by atoms with Gasteiger partial charge >= 0.3 is 0 Å². The van der Waals surface area contributed by atoms with Gasteiger partial charge in [0.05, 0.1) is 37.5 Å². The minimum absolute atomic E-state index is 0.174. The SMILES string of the molecule is COc1cc2c(c(OC)n1)[C@]1(O)[C@H](NO)[C@H](CN3[C@@H]4CCC[C@H]3CC4)[C@@H](c3ccccc3)[C@]1(c1ccc(C#N)cc1)O2. The molecule has 3 fully saturated rings. The number of aromatic nitrogens is 1. The molecule has 0 radical (unpaired) electrons. The molecular formula is C33H36N4O5. The van der Waals surface area contributed by atoms with Crippen molar-refractivity contribution in [2.24, 2.45) is 5.92 Å². The van der Waals surface area contributed by atoms with E-state index >= 15 is 0 Å². The van der Waals surface area contributed by atoms with Gasteiger partial charge < -0.3 is 24.5 Å². The summed E-state index contributed by atoms with van der Waals surface area (Å²) >= 11 is 0. The van der Waals surface area contributed by atoms with Crippen molar-refractivity contribution in [3.63, 3.8) is 0 Å². The molecule has 1 aromatic heterocycles. The molecule has 1 saturated carbocycles. The van der Waals surface area contributed by atoms with Gasteiger partial charge in [0.15, 0.2) is 11.2 Å². The van der Waals surface area contributed by atoms with Gasteiger partial charge in [-0.05, 0) is 48.9 Å². The van der Waals surface area contributed by atoms with Gasteiger partial charge in [-0.2, -0.15) is 15.7 Å². The van der Waals surface area contributed by atoms with Crippen LogP contribution in [0.4, 0.5) is 0 Å². The number of fused-ring (bicyclic) bond motifs is 5. The lowest BCUT2D eigenvalue weighted by Gasteiger charge is -2.42. The van der Waals surface area contributed by atoms with E-state index in [1.54, 1.807) is 18.2 Å². The number of ether oxygens (including phenoxy) is 3. The molecule has 2 saturated heterocycles. The van der Waals surface area contributed by atoms with Crippen molar-refractivity contribution in [1.29, 1.82) is 5.26 Å². The van der Waals surface area contributed by atoms with E-state index in [9.17, 15) is 15.6 Å². The summed E-state index contributed by atoms with van der Waals surface area (Å²) in [5.74, 6) is 0.177. The summed E-state index contributed by atoms with van der Waals surface area (Å²) in [5.41, 5.74) is 1.92. The first kappa shape index (κ1) is 27.2. The fraction of sp³-hybridized carbons (Fsp3) is 0.455. The van der Waals surface area contributed by atoms with Crippen molar-refractivity contribution in [2.45, 2.75) is 67.3 Å². The highest BCUT2D eigenvalue weighted by Crippen LogP contribution is 2.70. The van der Waals surface area contributed by atoms with Gasteiger partial charge in [0.1, 0.15) is 5.75 Å². The number of rotatable bonds is 7. The van der Waals surface area contributed by atoms with Gasteiger partial charge in [-0.25, -0.2) is 0 Å². The second-order valence-electron chi connectivity index (χ2n) is 12.0. The Hall–Kier alpha value is -3.68. The summed E-state index contributed by atoms with van der Waals surface area (Å²) in [5, 5.41) is 33.9. The number of benzene rings is 2. The first-order valence-corrected chi connectivity index (χ1v) is 14.8. The second-order valence-corrected chi connectivity index (χ2v) is 12.0. The van der Waals surface area contributed by atoms with Crippen molar-refractivity contribution in [2.75, 3.05) is 20.8 Å². The third-order valence-corrected chi connectivity index (χ3v) is 10.3. The zero-order chi connectivity index (χ0) is 29.1. The van der Waals surface area contributed by atoms with Crippen LogP contribution in [0.2, 0.25) is 0 Å². The number of nitrogens with one attached hydrogen (secondary N) is 1. The maximum atomic E-state index is 13.3. The molecule has 2 bridgehead atoms. The maximum absolute atomic E-state index is 13.3. The highest BCUT2D eigenvalue weighted by atomic mass is 16.5. The largest absolute Gasteiger partial charge is 0.481 e. The monoisotopic (exact) mass is 568 g/mol. The van der Waals surface area contributed by atoms with E-state index in [1.807, 2.05) is 30.3 Å². The number of piperidine rings is 1. The van der Waals surface area contributed by atoms with Crippen LogP contribution in [0.1, 0.15) is 60.3 Å². The lowest BCUT2D eigenvalue weighted by molar-refractivity contribution is -0.133. The highest BCUT2D eigenvalue weighted by molar-refractivity contribution is 5.60. The Morgan fingerprint density at radius 2 is 1.76 bits per heavy atom. The summed E-state index contributed by atoms with van der Waals surface area (Å²) in [7, 11) is 3.02. The fourth-order valence-corrected chi connectivity index (χ4v) is 8.65. The van der Waals surface area contributed by atoms with E-state index in [1.165, 1.54) is 46.3 Å². The van der Waals surface area contributed by atoms with Crippen molar-refractivity contribution in [1.82, 2.24) is 15.4 Å². The molecule has 9 heteroatoms. The summed E-state index contributed by atoms with van der Waals surface area (Å²) in [6.45, 7) is 0.679. The van der Waals surface area contributed by atoms with E-state index in [0.29, 0.717) is 41.1 Å². The van der Waals surface area contributed by atoms with Crippen LogP contribution in [0.5, 0.6) is 17.5 Å². The molecule has 4 heterocycles. The zero-order valence-corrected chi connectivity index (χ0v) is 23.9. The number of aliphatic hydroxyl groups is 1. The lowest BCUT2D eigenvalue weighted by atomic mass is 9.70. The van der Waals surface area contributed by atoms with Crippen molar-refractivity contribution >= 4 is 0 Å². The van der Waals surface area contributed by atoms with Crippen LogP contribution >= 0.6 is 0 Å². The molecule has 218 valence electrons. The molecular weight excluding hydrogens is 532 g/mol. The third-order valence-electron chi connectivity index (χ3n) is 10.3. The number of hydrogen-bond donors (Lipinski definition) is 3. The smallest absolute Gasteiger partial charge is 0.226 e. The van der Waals surface area contributed by atoms with E-state index in [4.69, 9.17) is 14.2 Å². The molecule has 0 amide bonds. The molecule has 7 rings (SSSR count). The average molecular weight is 569 g/mol. The molecule has 9 nitrogen and oxygen atoms in total. The van der Waals surface area contributed by atoms with Crippen molar-refractivity contribution in [3.8, 4) is 23.6 Å². The van der Waals surface area contributed by atoms with E-state index < -0.39 is 23.2 Å². The summed E-state index contributed by atoms with van der Waals surface area (Å²) < 4.78 is 18.3. The maximum Gasteiger partial charge on any atom is 0.226 e. The van der Waals surface area contributed by atoms with Crippen LogP contribution in [0.15, 0.2) is 60.7 Å². The predicted molar refractivity (Wildman–Crippen MR) is 153 cm³/mol. The Kier molecular flexibility index (Phi) is 6.63. The number of methoxy groups -OCH3 is 2. The normalized spacial score (nSPS) is 33.0. The Labute approximate surface area is 245 Å². The van der Waals surface area contributed by atoms with E-state index in [0.717, 1.165) is 5.56 Å². The standard InChI is InChI=1S/C33H36N4O5/c1-40-27-17-26-29(31(35-27)41-2)32(38)30(36-39)25(19-37-23-9-6-10-24(37)16-15-23)28(21-7-4-3-5-8-21)33(32,42-26)22-13-11-20(18-34)12-14-22/h3-5,7-8,11-14,17,23-25,28,30,36,38-39H,6,9-10,15-16,19H2,1-2H3/t23-,24+,25-,28-,30-,32+,33+/m1/s1. The van der Waals surface area contributed by atoms with E-state index in [-0.39, 0.29) is 17.7 Å². The molecule has 2 aromatic carbocycles. The minimum Gasteiger partial charge on any atom is -0.481 e. The lowest BCUT2D eigenvalue weighted by Crippen LogP contribution is -2.56. The number of hydrogen-bond acceptors (Lipinski definition) is 9. The predicted octanol–water partition coefficient (Wildman–Crippen LogP) is 4.22. The first-order valence-electron chi connectivity index (χ1n) is 14.8. The van der Waals surface area contributed by atoms with Gasteiger partial charge in [0.2, 0.25) is 11.8 Å². The Morgan fingerprint density at radius 3 is 2.38 bits per heavy atom. The Balaban J connectivity index is 1.50. The molecule has 42 heavy (non-hydrogen) atoms. The number of pyridine rings is 1. The summed E-state index contributed by atoms with van der Waals surface area (Å²) in [6.07, 6.45) is 5.91. The van der Waals surface area contributed by atoms with Crippen LogP contribution < -0.4 is 19.7 Å². The van der Waals surface area contributed by atoms with Gasteiger partial charge in [-0.3, -0.25) is 4.90 Å². The van der Waals surface area contributed by atoms with E-state index in [2.05, 4.69) is 33.6 Å². The first-order chi connectivity index (χ1) is 20.5. The zero-order valence-electron chi connectivity index (χ0n) is 23.9. The number of nitrogens with zero attached hydrogens (tertiary/aromatic N) is 3. The molecule has 3 aliphatic heterocycles. The fourth-order valence-electron chi connectivity index (χ4n) is 8.65. The van der Waals surface area contributed by atoms with Gasteiger partial charge in [-0.1, -0.05) is 48.9 Å². The van der Waals surface area contributed by atoms with Crippen LogP contribution in [-0.4, -0.2) is 59.1 Å². The average Bonchev–Trinajstić information content (AvgIpc) is 3.50. The van der Waals surface area contributed by atoms with Crippen LogP contribution in [0.25, 0.3) is 0 Å². The quantitative estimate of drug-likeness (QED) is 0.360. The molecule has 0 spiro atoms. The molecule has 1 aliphatic carbocycles. The van der Waals surface area contributed by atoms with Crippen LogP contribution in [0, 0.1) is 17.2 Å². The minimum atomic E-state index is -1.81. The Morgan fingerprint density at radius 1 is 1.05 bits per heavy atom. The van der Waals surface area contributed by atoms with Crippen LogP contribution in [0.3, 0.4) is 0 Å². The summed E-state index contributed by atoms with van der Waals surface area (Å²) in [6, 6.07) is 21.3. The van der Waals surface area contributed by atoms with Gasteiger partial charge in [0.25, 0.3) is 0 Å². The van der Waals surface area contributed by atoms with Crippen molar-refractivity contribution < 1.29 is 24.5 Å². The summed E-state index contributed by atoms with van der Waals surface area (Å²) in [4.78, 5) is 7.14. The van der Waals surface area contributed by atoms with Gasteiger partial charge in [-0.15, -0.1) is 0 Å². The second kappa shape index (κ2) is 10.2. The number of nitriles is 1. The molecule has 0 unspecified atom stereocenters. The third kappa shape index (κ3) is 3.66. The topological polar surface area (TPSA) is 120 Å². The highest BCUT2D eigenvalue weighted by Gasteiger charge is 2.77.